The lowest BCUT2D eigenvalue weighted by Crippen LogP contribution is -2.17. The Hall–Kier alpha value is -2.08. The second-order valence-electron chi connectivity index (χ2n) is 4.36. The van der Waals surface area contributed by atoms with Gasteiger partial charge in [0.2, 0.25) is 0 Å². The van der Waals surface area contributed by atoms with Gasteiger partial charge in [0.15, 0.2) is 5.03 Å². The van der Waals surface area contributed by atoms with E-state index in [1.165, 1.54) is 6.20 Å². The van der Waals surface area contributed by atoms with Crippen molar-refractivity contribution in [2.75, 3.05) is 16.6 Å². The lowest BCUT2D eigenvalue weighted by atomic mass is 10.2. The minimum absolute atomic E-state index is 0.00225. The van der Waals surface area contributed by atoms with Crippen molar-refractivity contribution in [3.05, 3.63) is 48.2 Å². The van der Waals surface area contributed by atoms with Crippen molar-refractivity contribution < 1.29 is 8.42 Å². The molecule has 0 aliphatic heterocycles. The van der Waals surface area contributed by atoms with Crippen molar-refractivity contribution in [2.45, 2.75) is 18.9 Å². The third kappa shape index (κ3) is 3.27. The Morgan fingerprint density at radius 3 is 2.50 bits per heavy atom. The van der Waals surface area contributed by atoms with Crippen LogP contribution in [0.2, 0.25) is 0 Å². The van der Waals surface area contributed by atoms with Gasteiger partial charge < -0.3 is 5.32 Å². The molecule has 6 heteroatoms. The molecule has 106 valence electrons. The van der Waals surface area contributed by atoms with E-state index in [0.717, 1.165) is 5.56 Å². The maximum absolute atomic E-state index is 12.4. The van der Waals surface area contributed by atoms with Crippen molar-refractivity contribution in [1.29, 1.82) is 0 Å². The van der Waals surface area contributed by atoms with E-state index in [2.05, 4.69) is 15.0 Å². The number of aromatic nitrogens is 1. The van der Waals surface area contributed by atoms with E-state index in [1.807, 2.05) is 26.0 Å². The Balaban J connectivity index is 2.33. The fourth-order valence-electron chi connectivity index (χ4n) is 1.76. The summed E-state index contributed by atoms with van der Waals surface area (Å²) >= 11 is 0. The topological polar surface area (TPSA) is 71.1 Å². The van der Waals surface area contributed by atoms with Gasteiger partial charge in [0.25, 0.3) is 10.0 Å². The SMILES string of the molecule is CCNc1cccnc1S(=O)(=O)Nc1ccc(C)cc1. The van der Waals surface area contributed by atoms with E-state index in [0.29, 0.717) is 17.9 Å². The molecule has 0 saturated heterocycles. The zero-order valence-electron chi connectivity index (χ0n) is 11.4. The van der Waals surface area contributed by atoms with Crippen LogP contribution in [0.15, 0.2) is 47.6 Å². The van der Waals surface area contributed by atoms with Gasteiger partial charge in [0, 0.05) is 18.4 Å². The van der Waals surface area contributed by atoms with E-state index in [-0.39, 0.29) is 5.03 Å². The number of pyridine rings is 1. The summed E-state index contributed by atoms with van der Waals surface area (Å²) in [5.41, 5.74) is 2.08. The molecule has 1 aromatic heterocycles. The van der Waals surface area contributed by atoms with Gasteiger partial charge in [-0.3, -0.25) is 4.72 Å². The molecule has 0 saturated carbocycles. The van der Waals surface area contributed by atoms with Gasteiger partial charge in [-0.1, -0.05) is 17.7 Å². The van der Waals surface area contributed by atoms with E-state index < -0.39 is 10.0 Å². The molecule has 5 nitrogen and oxygen atoms in total. The molecule has 0 bridgehead atoms. The maximum Gasteiger partial charge on any atom is 0.281 e. The average molecular weight is 291 g/mol. The highest BCUT2D eigenvalue weighted by molar-refractivity contribution is 7.92. The Labute approximate surface area is 119 Å². The van der Waals surface area contributed by atoms with Gasteiger partial charge in [-0.05, 0) is 38.1 Å². The Morgan fingerprint density at radius 1 is 1.15 bits per heavy atom. The number of hydrogen-bond donors (Lipinski definition) is 2. The third-order valence-electron chi connectivity index (χ3n) is 2.70. The smallest absolute Gasteiger partial charge is 0.281 e. The maximum atomic E-state index is 12.4. The summed E-state index contributed by atoms with van der Waals surface area (Å²) < 4.78 is 27.3. The minimum Gasteiger partial charge on any atom is -0.383 e. The molecule has 2 aromatic rings. The summed E-state index contributed by atoms with van der Waals surface area (Å²) in [5.74, 6) is 0. The summed E-state index contributed by atoms with van der Waals surface area (Å²) in [7, 11) is -3.70. The zero-order valence-corrected chi connectivity index (χ0v) is 12.2. The molecule has 1 aromatic carbocycles. The summed E-state index contributed by atoms with van der Waals surface area (Å²) in [4.78, 5) is 3.97. The number of nitrogens with one attached hydrogen (secondary N) is 2. The number of benzene rings is 1. The number of sulfonamides is 1. The highest BCUT2D eigenvalue weighted by Gasteiger charge is 2.19. The van der Waals surface area contributed by atoms with Crippen LogP contribution >= 0.6 is 0 Å². The molecule has 0 aliphatic carbocycles. The average Bonchev–Trinajstić information content (AvgIpc) is 2.42. The lowest BCUT2D eigenvalue weighted by Gasteiger charge is -2.12. The molecule has 0 radical (unpaired) electrons. The molecule has 2 rings (SSSR count). The summed E-state index contributed by atoms with van der Waals surface area (Å²) in [6, 6.07) is 10.5. The van der Waals surface area contributed by atoms with Crippen LogP contribution in [-0.2, 0) is 10.0 Å². The van der Waals surface area contributed by atoms with Crippen LogP contribution < -0.4 is 10.0 Å². The summed E-state index contributed by atoms with van der Waals surface area (Å²) in [5, 5.41) is 3.00. The molecule has 0 amide bonds. The monoisotopic (exact) mass is 291 g/mol. The van der Waals surface area contributed by atoms with Crippen molar-refractivity contribution in [3.8, 4) is 0 Å². The first-order valence-corrected chi connectivity index (χ1v) is 7.79. The highest BCUT2D eigenvalue weighted by Crippen LogP contribution is 2.21. The largest absolute Gasteiger partial charge is 0.383 e. The molecular weight excluding hydrogens is 274 g/mol. The van der Waals surface area contributed by atoms with Gasteiger partial charge in [0.1, 0.15) is 0 Å². The van der Waals surface area contributed by atoms with E-state index in [4.69, 9.17) is 0 Å². The molecular formula is C14H17N3O2S. The van der Waals surface area contributed by atoms with Gasteiger partial charge in [-0.2, -0.15) is 8.42 Å². The molecule has 2 N–H and O–H groups in total. The fourth-order valence-corrected chi connectivity index (χ4v) is 2.93. The van der Waals surface area contributed by atoms with Crippen molar-refractivity contribution in [1.82, 2.24) is 4.98 Å². The van der Waals surface area contributed by atoms with Crippen LogP contribution in [0.25, 0.3) is 0 Å². The quantitative estimate of drug-likeness (QED) is 0.888. The second-order valence-corrected chi connectivity index (χ2v) is 5.96. The Morgan fingerprint density at radius 2 is 1.85 bits per heavy atom. The minimum atomic E-state index is -3.70. The van der Waals surface area contributed by atoms with Gasteiger partial charge >= 0.3 is 0 Å². The molecule has 0 fully saturated rings. The molecule has 20 heavy (non-hydrogen) atoms. The number of hydrogen-bond acceptors (Lipinski definition) is 4. The van der Waals surface area contributed by atoms with Crippen LogP contribution in [0.5, 0.6) is 0 Å². The molecule has 0 spiro atoms. The van der Waals surface area contributed by atoms with Crippen molar-refractivity contribution >= 4 is 21.4 Å². The van der Waals surface area contributed by atoms with Crippen LogP contribution in [0.3, 0.4) is 0 Å². The van der Waals surface area contributed by atoms with E-state index >= 15 is 0 Å². The van der Waals surface area contributed by atoms with Gasteiger partial charge in [0.05, 0.1) is 5.69 Å². The Bertz CT molecular complexity index is 682. The highest BCUT2D eigenvalue weighted by atomic mass is 32.2. The first-order valence-electron chi connectivity index (χ1n) is 6.31. The molecule has 0 aliphatic rings. The number of aryl methyl sites for hydroxylation is 1. The summed E-state index contributed by atoms with van der Waals surface area (Å²) in [6.07, 6.45) is 1.46. The predicted octanol–water partition coefficient (Wildman–Crippen LogP) is 2.62. The normalized spacial score (nSPS) is 11.1. The lowest BCUT2D eigenvalue weighted by molar-refractivity contribution is 0.598. The fraction of sp³-hybridized carbons (Fsp3) is 0.214. The number of rotatable bonds is 5. The van der Waals surface area contributed by atoms with Crippen molar-refractivity contribution in [2.24, 2.45) is 0 Å². The molecule has 1 heterocycles. The standard InChI is InChI=1S/C14H17N3O2S/c1-3-15-13-5-4-10-16-14(13)20(18,19)17-12-8-6-11(2)7-9-12/h4-10,15,17H,3H2,1-2H3. The van der Waals surface area contributed by atoms with Crippen LogP contribution in [-0.4, -0.2) is 19.9 Å². The first kappa shape index (κ1) is 14.3. The van der Waals surface area contributed by atoms with Gasteiger partial charge in [-0.25, -0.2) is 4.98 Å². The molecule has 0 unspecified atom stereocenters. The predicted molar refractivity (Wildman–Crippen MR) is 80.4 cm³/mol. The van der Waals surface area contributed by atoms with Gasteiger partial charge in [-0.15, -0.1) is 0 Å². The van der Waals surface area contributed by atoms with Crippen LogP contribution in [0, 0.1) is 6.92 Å². The third-order valence-corrected chi connectivity index (χ3v) is 4.04. The van der Waals surface area contributed by atoms with E-state index in [1.54, 1.807) is 24.3 Å². The number of nitrogens with zero attached hydrogens (tertiary/aromatic N) is 1. The zero-order chi connectivity index (χ0) is 14.6. The second kappa shape index (κ2) is 5.92. The number of anilines is 2. The summed E-state index contributed by atoms with van der Waals surface area (Å²) in [6.45, 7) is 4.47. The first-order chi connectivity index (χ1) is 9.53. The van der Waals surface area contributed by atoms with Crippen LogP contribution in [0.4, 0.5) is 11.4 Å². The van der Waals surface area contributed by atoms with Crippen molar-refractivity contribution in [3.63, 3.8) is 0 Å². The van der Waals surface area contributed by atoms with E-state index in [9.17, 15) is 8.42 Å². The Kier molecular flexibility index (Phi) is 4.24. The molecule has 0 atom stereocenters. The van der Waals surface area contributed by atoms with Crippen LogP contribution in [0.1, 0.15) is 12.5 Å².